The van der Waals surface area contributed by atoms with Gasteiger partial charge in [-0.25, -0.2) is 0 Å². The van der Waals surface area contributed by atoms with Crippen LogP contribution in [0, 0.1) is 5.92 Å². The van der Waals surface area contributed by atoms with Crippen LogP contribution in [-0.2, 0) is 6.54 Å². The van der Waals surface area contributed by atoms with Gasteiger partial charge in [0.25, 0.3) is 0 Å². The van der Waals surface area contributed by atoms with E-state index in [0.29, 0.717) is 0 Å². The molecular formula is C16H25BrN2. The normalized spacial score (nSPS) is 14.7. The van der Waals surface area contributed by atoms with Gasteiger partial charge in [0.05, 0.1) is 5.69 Å². The molecule has 1 aromatic carbocycles. The molecule has 0 bridgehead atoms. The van der Waals surface area contributed by atoms with Crippen molar-refractivity contribution < 1.29 is 0 Å². The van der Waals surface area contributed by atoms with Gasteiger partial charge in [-0.05, 0) is 65.4 Å². The third-order valence-electron chi connectivity index (χ3n) is 3.60. The molecule has 0 aromatic heterocycles. The summed E-state index contributed by atoms with van der Waals surface area (Å²) in [6.07, 6.45) is 4.03. The molecule has 3 heteroatoms. The maximum atomic E-state index is 3.75. The second-order valence-electron chi connectivity index (χ2n) is 5.46. The van der Waals surface area contributed by atoms with Crippen molar-refractivity contribution in [1.29, 1.82) is 0 Å². The van der Waals surface area contributed by atoms with E-state index in [1.54, 1.807) is 0 Å². The van der Waals surface area contributed by atoms with E-state index in [1.165, 1.54) is 41.5 Å². The van der Waals surface area contributed by atoms with Crippen molar-refractivity contribution in [3.05, 3.63) is 28.2 Å². The Bertz CT molecular complexity index is 402. The number of nitrogens with one attached hydrogen (secondary N) is 1. The third-order valence-corrected chi connectivity index (χ3v) is 4.24. The minimum Gasteiger partial charge on any atom is -0.370 e. The molecule has 1 aromatic rings. The quantitative estimate of drug-likeness (QED) is 0.771. The lowest BCUT2D eigenvalue weighted by atomic mass is 10.1. The smallest absolute Gasteiger partial charge is 0.0510 e. The van der Waals surface area contributed by atoms with Crippen molar-refractivity contribution >= 4 is 21.6 Å². The highest BCUT2D eigenvalue weighted by Crippen LogP contribution is 2.34. The van der Waals surface area contributed by atoms with Crippen LogP contribution in [-0.4, -0.2) is 19.6 Å². The molecule has 1 aliphatic carbocycles. The van der Waals surface area contributed by atoms with E-state index in [9.17, 15) is 0 Å². The Morgan fingerprint density at radius 3 is 2.68 bits per heavy atom. The van der Waals surface area contributed by atoms with E-state index in [-0.39, 0.29) is 0 Å². The molecule has 0 atom stereocenters. The van der Waals surface area contributed by atoms with Gasteiger partial charge in [0.1, 0.15) is 0 Å². The highest BCUT2D eigenvalue weighted by molar-refractivity contribution is 9.10. The van der Waals surface area contributed by atoms with Gasteiger partial charge in [-0.2, -0.15) is 0 Å². The van der Waals surface area contributed by atoms with Gasteiger partial charge in [0, 0.05) is 24.1 Å². The van der Waals surface area contributed by atoms with Gasteiger partial charge in [0.2, 0.25) is 0 Å². The predicted octanol–water partition coefficient (Wildman–Crippen LogP) is 4.19. The molecule has 19 heavy (non-hydrogen) atoms. The lowest BCUT2D eigenvalue weighted by Gasteiger charge is -2.26. The Morgan fingerprint density at radius 2 is 2.11 bits per heavy atom. The molecule has 1 N–H and O–H groups in total. The molecule has 0 spiro atoms. The van der Waals surface area contributed by atoms with Crippen LogP contribution in [0.15, 0.2) is 22.7 Å². The molecule has 106 valence electrons. The average Bonchev–Trinajstić information content (AvgIpc) is 3.20. The van der Waals surface area contributed by atoms with E-state index in [2.05, 4.69) is 58.2 Å². The first kappa shape index (κ1) is 14.9. The van der Waals surface area contributed by atoms with Crippen molar-refractivity contribution in [3.8, 4) is 0 Å². The first-order chi connectivity index (χ1) is 9.24. The molecule has 1 saturated carbocycles. The van der Waals surface area contributed by atoms with E-state index in [4.69, 9.17) is 0 Å². The molecule has 1 fully saturated rings. The van der Waals surface area contributed by atoms with Crippen LogP contribution < -0.4 is 10.2 Å². The zero-order valence-electron chi connectivity index (χ0n) is 12.1. The van der Waals surface area contributed by atoms with Crippen LogP contribution in [0.1, 0.15) is 38.7 Å². The summed E-state index contributed by atoms with van der Waals surface area (Å²) in [5, 5.41) is 3.37. The standard InChI is InChI=1S/C16H25BrN2/c1-3-9-19(12-13-5-6-13)16-8-7-14(10-15(16)17)11-18-4-2/h7-8,10,13,18H,3-6,9,11-12H2,1-2H3. The Morgan fingerprint density at radius 1 is 1.32 bits per heavy atom. The van der Waals surface area contributed by atoms with E-state index >= 15 is 0 Å². The maximum Gasteiger partial charge on any atom is 0.0510 e. The molecule has 2 nitrogen and oxygen atoms in total. The average molecular weight is 325 g/mol. The summed E-state index contributed by atoms with van der Waals surface area (Å²) in [5.41, 5.74) is 2.70. The summed E-state index contributed by atoms with van der Waals surface area (Å²) >= 11 is 3.75. The Balaban J connectivity index is 2.07. The van der Waals surface area contributed by atoms with Crippen LogP contribution in [0.2, 0.25) is 0 Å². The van der Waals surface area contributed by atoms with Crippen molar-refractivity contribution in [2.24, 2.45) is 5.92 Å². The number of hydrogen-bond acceptors (Lipinski definition) is 2. The van der Waals surface area contributed by atoms with E-state index < -0.39 is 0 Å². The van der Waals surface area contributed by atoms with Gasteiger partial charge in [-0.15, -0.1) is 0 Å². The Kier molecular flexibility index (Phi) is 5.71. The molecule has 0 unspecified atom stereocenters. The van der Waals surface area contributed by atoms with Crippen molar-refractivity contribution in [2.45, 2.75) is 39.7 Å². The minimum absolute atomic E-state index is 0.930. The SMILES string of the molecule is CCCN(CC1CC1)c1ccc(CNCC)cc1Br. The lowest BCUT2D eigenvalue weighted by Crippen LogP contribution is -2.27. The second-order valence-corrected chi connectivity index (χ2v) is 6.31. The van der Waals surface area contributed by atoms with Crippen LogP contribution in [0.5, 0.6) is 0 Å². The van der Waals surface area contributed by atoms with Crippen LogP contribution >= 0.6 is 15.9 Å². The lowest BCUT2D eigenvalue weighted by molar-refractivity contribution is 0.704. The van der Waals surface area contributed by atoms with Gasteiger partial charge < -0.3 is 10.2 Å². The fraction of sp³-hybridized carbons (Fsp3) is 0.625. The van der Waals surface area contributed by atoms with Crippen LogP contribution in [0.25, 0.3) is 0 Å². The minimum atomic E-state index is 0.930. The summed E-state index contributed by atoms with van der Waals surface area (Å²) in [4.78, 5) is 2.54. The Labute approximate surface area is 125 Å². The molecule has 0 saturated heterocycles. The molecule has 2 rings (SSSR count). The van der Waals surface area contributed by atoms with E-state index in [1.807, 2.05) is 0 Å². The van der Waals surface area contributed by atoms with Gasteiger partial charge in [0.15, 0.2) is 0 Å². The predicted molar refractivity (Wildman–Crippen MR) is 86.8 cm³/mol. The largest absolute Gasteiger partial charge is 0.370 e. The first-order valence-electron chi connectivity index (χ1n) is 7.48. The molecule has 0 aliphatic heterocycles. The number of anilines is 1. The third kappa shape index (κ3) is 4.50. The Hall–Kier alpha value is -0.540. The summed E-state index contributed by atoms with van der Waals surface area (Å²) in [6, 6.07) is 6.78. The van der Waals surface area contributed by atoms with Gasteiger partial charge in [-0.3, -0.25) is 0 Å². The fourth-order valence-corrected chi connectivity index (χ4v) is 3.06. The molecular weight excluding hydrogens is 300 g/mol. The summed E-state index contributed by atoms with van der Waals surface area (Å²) in [7, 11) is 0. The molecule has 1 aliphatic rings. The van der Waals surface area contributed by atoms with Gasteiger partial charge >= 0.3 is 0 Å². The highest BCUT2D eigenvalue weighted by Gasteiger charge is 2.24. The van der Waals surface area contributed by atoms with Crippen molar-refractivity contribution in [3.63, 3.8) is 0 Å². The summed E-state index contributed by atoms with van der Waals surface area (Å²) < 4.78 is 1.23. The fourth-order valence-electron chi connectivity index (χ4n) is 2.38. The number of halogens is 1. The molecule has 0 heterocycles. The number of benzene rings is 1. The maximum absolute atomic E-state index is 3.75. The molecule has 0 amide bonds. The highest BCUT2D eigenvalue weighted by atomic mass is 79.9. The van der Waals surface area contributed by atoms with E-state index in [0.717, 1.165) is 25.6 Å². The monoisotopic (exact) mass is 324 g/mol. The van der Waals surface area contributed by atoms with Crippen LogP contribution in [0.4, 0.5) is 5.69 Å². The summed E-state index contributed by atoms with van der Waals surface area (Å²) in [5.74, 6) is 0.930. The number of hydrogen-bond donors (Lipinski definition) is 1. The molecule has 0 radical (unpaired) electrons. The number of rotatable bonds is 8. The van der Waals surface area contributed by atoms with Crippen molar-refractivity contribution in [2.75, 3.05) is 24.5 Å². The van der Waals surface area contributed by atoms with Crippen molar-refractivity contribution in [1.82, 2.24) is 5.32 Å². The first-order valence-corrected chi connectivity index (χ1v) is 8.28. The van der Waals surface area contributed by atoms with Gasteiger partial charge in [-0.1, -0.05) is 19.9 Å². The summed E-state index contributed by atoms with van der Waals surface area (Å²) in [6.45, 7) is 8.74. The van der Waals surface area contributed by atoms with Crippen LogP contribution in [0.3, 0.4) is 0 Å². The number of nitrogens with zero attached hydrogens (tertiary/aromatic N) is 1. The second kappa shape index (κ2) is 7.30. The zero-order valence-corrected chi connectivity index (χ0v) is 13.7. The zero-order chi connectivity index (χ0) is 13.7. The topological polar surface area (TPSA) is 15.3 Å².